The van der Waals surface area contributed by atoms with Crippen LogP contribution in [0.1, 0.15) is 21.5 Å². The third kappa shape index (κ3) is 3.23. The minimum absolute atomic E-state index is 0.0480. The highest BCUT2D eigenvalue weighted by Gasteiger charge is 2.13. The van der Waals surface area contributed by atoms with Crippen LogP contribution >= 0.6 is 23.2 Å². The first-order valence-electron chi connectivity index (χ1n) is 6.15. The molecule has 0 unspecified atom stereocenters. The molecule has 2 aromatic carbocycles. The van der Waals surface area contributed by atoms with Crippen molar-refractivity contribution in [2.24, 2.45) is 0 Å². The summed E-state index contributed by atoms with van der Waals surface area (Å²) in [5.41, 5.74) is 8.79. The van der Waals surface area contributed by atoms with Crippen LogP contribution in [-0.2, 0) is 0 Å². The van der Waals surface area contributed by atoms with Gasteiger partial charge in [-0.15, -0.1) is 0 Å². The Morgan fingerprint density at radius 2 is 1.76 bits per heavy atom. The number of nitrogen functional groups attached to an aromatic ring is 1. The monoisotopic (exact) mass is 324 g/mol. The molecule has 0 heterocycles. The number of aryl methyl sites for hydroxylation is 2. The van der Waals surface area contributed by atoms with Crippen LogP contribution in [0.3, 0.4) is 0 Å². The van der Waals surface area contributed by atoms with Crippen molar-refractivity contribution in [1.82, 2.24) is 0 Å². The summed E-state index contributed by atoms with van der Waals surface area (Å²) >= 11 is 12.2. The van der Waals surface area contributed by atoms with Crippen molar-refractivity contribution in [2.75, 3.05) is 11.1 Å². The van der Waals surface area contributed by atoms with E-state index in [2.05, 4.69) is 5.32 Å². The van der Waals surface area contributed by atoms with Crippen LogP contribution in [0.2, 0.25) is 10.0 Å². The normalized spacial score (nSPS) is 10.5. The van der Waals surface area contributed by atoms with Gasteiger partial charge in [0.2, 0.25) is 0 Å². The summed E-state index contributed by atoms with van der Waals surface area (Å²) in [5, 5.41) is 13.3. The number of anilines is 3. The molecule has 0 bridgehead atoms. The number of carbonyl (C=O) groups is 1. The number of halogens is 2. The Labute approximate surface area is 132 Å². The van der Waals surface area contributed by atoms with Gasteiger partial charge in [0.25, 0.3) is 0 Å². The highest BCUT2D eigenvalue weighted by Crippen LogP contribution is 2.32. The van der Waals surface area contributed by atoms with E-state index in [1.807, 2.05) is 6.92 Å². The van der Waals surface area contributed by atoms with E-state index in [1.54, 1.807) is 25.1 Å². The maximum Gasteiger partial charge on any atom is 0.337 e. The number of benzene rings is 2. The number of hydrogen-bond donors (Lipinski definition) is 3. The third-order valence-electron chi connectivity index (χ3n) is 3.14. The standard InChI is InChI=1S/C15H14Cl2N2O2/c1-7-4-12(17)13(6-11(7)16)19-9-3-8(2)14(18)10(5-9)15(20)21/h3-6,19H,18H2,1-2H3,(H,20,21). The van der Waals surface area contributed by atoms with E-state index in [1.165, 1.54) is 6.07 Å². The van der Waals surface area contributed by atoms with E-state index < -0.39 is 5.97 Å². The summed E-state index contributed by atoms with van der Waals surface area (Å²) in [7, 11) is 0. The predicted octanol–water partition coefficient (Wildman–Crippen LogP) is 4.63. The Kier molecular flexibility index (Phi) is 4.30. The SMILES string of the molecule is Cc1cc(Cl)c(Nc2cc(C)c(N)c(C(=O)O)c2)cc1Cl. The number of carboxylic acids is 1. The molecule has 2 aromatic rings. The van der Waals surface area contributed by atoms with Crippen LogP contribution in [0.15, 0.2) is 24.3 Å². The molecule has 0 aliphatic rings. The van der Waals surface area contributed by atoms with Crippen molar-refractivity contribution in [1.29, 1.82) is 0 Å². The number of aromatic carboxylic acids is 1. The first-order chi connectivity index (χ1) is 9.79. The van der Waals surface area contributed by atoms with E-state index in [4.69, 9.17) is 34.0 Å². The molecule has 0 aliphatic heterocycles. The molecule has 4 nitrogen and oxygen atoms in total. The second-order valence-corrected chi connectivity index (χ2v) is 5.58. The lowest BCUT2D eigenvalue weighted by Gasteiger charge is -2.13. The Morgan fingerprint density at radius 1 is 1.10 bits per heavy atom. The highest BCUT2D eigenvalue weighted by atomic mass is 35.5. The van der Waals surface area contributed by atoms with Gasteiger partial charge >= 0.3 is 5.97 Å². The second-order valence-electron chi connectivity index (χ2n) is 4.77. The lowest BCUT2D eigenvalue weighted by atomic mass is 10.1. The summed E-state index contributed by atoms with van der Waals surface area (Å²) in [6.45, 7) is 3.60. The molecule has 4 N–H and O–H groups in total. The minimum Gasteiger partial charge on any atom is -0.478 e. The summed E-state index contributed by atoms with van der Waals surface area (Å²) in [4.78, 5) is 11.2. The maximum absolute atomic E-state index is 11.2. The fourth-order valence-electron chi connectivity index (χ4n) is 1.95. The third-order valence-corrected chi connectivity index (χ3v) is 3.86. The summed E-state index contributed by atoms with van der Waals surface area (Å²) < 4.78 is 0. The summed E-state index contributed by atoms with van der Waals surface area (Å²) in [5.74, 6) is -1.08. The number of nitrogens with two attached hydrogens (primary N) is 1. The molecule has 0 amide bonds. The van der Waals surface area contributed by atoms with Crippen LogP contribution in [0.25, 0.3) is 0 Å². The van der Waals surface area contributed by atoms with Gasteiger partial charge in [-0.25, -0.2) is 4.79 Å². The Balaban J connectivity index is 2.45. The number of hydrogen-bond acceptors (Lipinski definition) is 3. The predicted molar refractivity (Wildman–Crippen MR) is 87.0 cm³/mol. The van der Waals surface area contributed by atoms with Gasteiger partial charge in [0.05, 0.1) is 16.3 Å². The molecule has 0 atom stereocenters. The topological polar surface area (TPSA) is 75.3 Å². The van der Waals surface area contributed by atoms with Gasteiger partial charge in [0, 0.05) is 16.4 Å². The fourth-order valence-corrected chi connectivity index (χ4v) is 2.37. The molecule has 0 saturated carbocycles. The molecule has 0 aliphatic carbocycles. The van der Waals surface area contributed by atoms with Gasteiger partial charge < -0.3 is 16.2 Å². The average Bonchev–Trinajstić information content (AvgIpc) is 2.39. The number of nitrogens with one attached hydrogen (secondary N) is 1. The molecule has 0 spiro atoms. The van der Waals surface area contributed by atoms with Gasteiger partial charge in [-0.3, -0.25) is 0 Å². The molecule has 0 radical (unpaired) electrons. The quantitative estimate of drug-likeness (QED) is 0.719. The number of carboxylic acid groups (broad SMARTS) is 1. The van der Waals surface area contributed by atoms with Gasteiger partial charge in [-0.2, -0.15) is 0 Å². The van der Waals surface area contributed by atoms with Crippen molar-refractivity contribution >= 4 is 46.2 Å². The Hall–Kier alpha value is -1.91. The van der Waals surface area contributed by atoms with Crippen LogP contribution in [0.4, 0.5) is 17.1 Å². The zero-order valence-electron chi connectivity index (χ0n) is 11.5. The van der Waals surface area contributed by atoms with Crippen LogP contribution < -0.4 is 11.1 Å². The van der Waals surface area contributed by atoms with Crippen LogP contribution in [-0.4, -0.2) is 11.1 Å². The highest BCUT2D eigenvalue weighted by molar-refractivity contribution is 6.35. The summed E-state index contributed by atoms with van der Waals surface area (Å²) in [6.07, 6.45) is 0. The molecule has 2 rings (SSSR count). The van der Waals surface area contributed by atoms with E-state index >= 15 is 0 Å². The minimum atomic E-state index is -1.08. The van der Waals surface area contributed by atoms with Crippen molar-refractivity contribution < 1.29 is 9.90 Å². The molecule has 0 saturated heterocycles. The first kappa shape index (κ1) is 15.5. The average molecular weight is 325 g/mol. The molecule has 110 valence electrons. The van der Waals surface area contributed by atoms with Gasteiger partial charge in [0.1, 0.15) is 0 Å². The van der Waals surface area contributed by atoms with Gasteiger partial charge in [-0.05, 0) is 49.2 Å². The molecule has 6 heteroatoms. The molecular formula is C15H14Cl2N2O2. The van der Waals surface area contributed by atoms with Gasteiger partial charge in [0.15, 0.2) is 0 Å². The zero-order valence-corrected chi connectivity index (χ0v) is 13.0. The van der Waals surface area contributed by atoms with E-state index in [9.17, 15) is 4.79 Å². The fraction of sp³-hybridized carbons (Fsp3) is 0.133. The van der Waals surface area contributed by atoms with Crippen LogP contribution in [0.5, 0.6) is 0 Å². The van der Waals surface area contributed by atoms with Crippen molar-refractivity contribution in [2.45, 2.75) is 13.8 Å². The maximum atomic E-state index is 11.2. The van der Waals surface area contributed by atoms with E-state index in [0.717, 1.165) is 5.56 Å². The first-order valence-corrected chi connectivity index (χ1v) is 6.91. The van der Waals surface area contributed by atoms with Crippen LogP contribution in [0, 0.1) is 13.8 Å². The van der Waals surface area contributed by atoms with Gasteiger partial charge in [-0.1, -0.05) is 23.2 Å². The Bertz CT molecular complexity index is 730. The molecular weight excluding hydrogens is 311 g/mol. The molecule has 21 heavy (non-hydrogen) atoms. The lowest BCUT2D eigenvalue weighted by Crippen LogP contribution is -2.05. The van der Waals surface area contributed by atoms with E-state index in [0.29, 0.717) is 27.0 Å². The van der Waals surface area contributed by atoms with E-state index in [-0.39, 0.29) is 11.3 Å². The second kappa shape index (κ2) is 5.84. The summed E-state index contributed by atoms with van der Waals surface area (Å²) in [6, 6.07) is 6.67. The smallest absolute Gasteiger partial charge is 0.337 e. The lowest BCUT2D eigenvalue weighted by molar-refractivity contribution is 0.0698. The molecule has 0 aromatic heterocycles. The Morgan fingerprint density at radius 3 is 2.38 bits per heavy atom. The van der Waals surface area contributed by atoms with Crippen molar-refractivity contribution in [3.63, 3.8) is 0 Å². The number of rotatable bonds is 3. The largest absolute Gasteiger partial charge is 0.478 e. The zero-order chi connectivity index (χ0) is 15.7. The molecule has 0 fully saturated rings. The van der Waals surface area contributed by atoms with Crippen molar-refractivity contribution in [3.05, 3.63) is 51.0 Å². The van der Waals surface area contributed by atoms with Crippen molar-refractivity contribution in [3.8, 4) is 0 Å².